The third kappa shape index (κ3) is 5.23. The summed E-state index contributed by atoms with van der Waals surface area (Å²) in [5, 5.41) is 12.8. The van der Waals surface area contributed by atoms with Crippen molar-refractivity contribution in [1.82, 2.24) is 9.88 Å². The van der Waals surface area contributed by atoms with E-state index in [0.29, 0.717) is 24.7 Å². The van der Waals surface area contributed by atoms with E-state index in [1.165, 1.54) is 25.9 Å². The minimum absolute atomic E-state index is 0.0547. The summed E-state index contributed by atoms with van der Waals surface area (Å²) >= 11 is 0. The summed E-state index contributed by atoms with van der Waals surface area (Å²) in [6.07, 6.45) is 5.33. The van der Waals surface area contributed by atoms with Crippen molar-refractivity contribution in [2.24, 2.45) is 0 Å². The SMILES string of the molecule is COc1cc2c(NCCC(=O)O)ccnc2cc1OCCCN1CCCC1. The second kappa shape index (κ2) is 9.41. The molecule has 0 saturated carbocycles. The number of carbonyl (C=O) groups is 1. The minimum atomic E-state index is -0.831. The van der Waals surface area contributed by atoms with Crippen LogP contribution in [-0.4, -0.2) is 60.9 Å². The fourth-order valence-corrected chi connectivity index (χ4v) is 3.36. The van der Waals surface area contributed by atoms with E-state index in [0.717, 1.165) is 29.6 Å². The molecule has 7 heteroatoms. The molecule has 1 fully saturated rings. The van der Waals surface area contributed by atoms with Gasteiger partial charge in [-0.3, -0.25) is 9.78 Å². The number of rotatable bonds is 10. The Morgan fingerprint density at radius 3 is 2.85 bits per heavy atom. The van der Waals surface area contributed by atoms with E-state index >= 15 is 0 Å². The van der Waals surface area contributed by atoms with Gasteiger partial charge in [-0.1, -0.05) is 0 Å². The second-order valence-electron chi connectivity index (χ2n) is 6.70. The van der Waals surface area contributed by atoms with Crippen LogP contribution < -0.4 is 14.8 Å². The quantitative estimate of drug-likeness (QED) is 0.619. The number of ether oxygens (including phenoxy) is 2. The second-order valence-corrected chi connectivity index (χ2v) is 6.70. The summed E-state index contributed by atoms with van der Waals surface area (Å²) in [5.41, 5.74) is 1.62. The number of aliphatic carboxylic acids is 1. The van der Waals surface area contributed by atoms with Crippen LogP contribution in [-0.2, 0) is 4.79 Å². The molecule has 3 rings (SSSR count). The minimum Gasteiger partial charge on any atom is -0.493 e. The van der Waals surface area contributed by atoms with Gasteiger partial charge in [0.25, 0.3) is 0 Å². The number of carboxylic acids is 1. The Hall–Kier alpha value is -2.54. The van der Waals surface area contributed by atoms with Crippen LogP contribution in [0.4, 0.5) is 5.69 Å². The molecule has 1 aliphatic rings. The molecular weight excluding hydrogens is 346 g/mol. The highest BCUT2D eigenvalue weighted by Gasteiger charge is 2.13. The van der Waals surface area contributed by atoms with E-state index in [1.54, 1.807) is 13.3 Å². The van der Waals surface area contributed by atoms with Crippen LogP contribution in [0.5, 0.6) is 11.5 Å². The third-order valence-electron chi connectivity index (χ3n) is 4.76. The topological polar surface area (TPSA) is 83.9 Å². The fourth-order valence-electron chi connectivity index (χ4n) is 3.36. The molecule has 0 bridgehead atoms. The number of fused-ring (bicyclic) bond motifs is 1. The molecule has 0 atom stereocenters. The largest absolute Gasteiger partial charge is 0.493 e. The number of pyridine rings is 1. The average molecular weight is 373 g/mol. The first-order valence-electron chi connectivity index (χ1n) is 9.45. The Morgan fingerprint density at radius 2 is 2.11 bits per heavy atom. The molecule has 2 heterocycles. The number of carboxylic acid groups (broad SMARTS) is 1. The lowest BCUT2D eigenvalue weighted by Gasteiger charge is -2.16. The average Bonchev–Trinajstić information content (AvgIpc) is 3.18. The van der Waals surface area contributed by atoms with Gasteiger partial charge in [0.15, 0.2) is 11.5 Å². The Labute approximate surface area is 159 Å². The Kier molecular flexibility index (Phi) is 6.70. The predicted molar refractivity (Wildman–Crippen MR) is 105 cm³/mol. The van der Waals surface area contributed by atoms with Gasteiger partial charge in [-0.05, 0) is 44.5 Å². The molecule has 1 saturated heterocycles. The molecule has 0 unspecified atom stereocenters. The Bertz CT molecular complexity index is 775. The number of nitrogens with zero attached hydrogens (tertiary/aromatic N) is 2. The van der Waals surface area contributed by atoms with Gasteiger partial charge in [-0.25, -0.2) is 0 Å². The van der Waals surface area contributed by atoms with Crippen molar-refractivity contribution in [1.29, 1.82) is 0 Å². The van der Waals surface area contributed by atoms with Crippen LogP contribution in [0.25, 0.3) is 10.9 Å². The van der Waals surface area contributed by atoms with Gasteiger partial charge in [-0.15, -0.1) is 0 Å². The predicted octanol–water partition coefficient (Wildman–Crippen LogP) is 2.99. The maximum Gasteiger partial charge on any atom is 0.305 e. The maximum absolute atomic E-state index is 10.7. The lowest BCUT2D eigenvalue weighted by atomic mass is 10.1. The lowest BCUT2D eigenvalue weighted by Crippen LogP contribution is -2.21. The summed E-state index contributed by atoms with van der Waals surface area (Å²) in [5.74, 6) is 0.502. The first-order chi connectivity index (χ1) is 13.2. The number of anilines is 1. The zero-order valence-corrected chi connectivity index (χ0v) is 15.7. The van der Waals surface area contributed by atoms with E-state index in [1.807, 2.05) is 18.2 Å². The van der Waals surface area contributed by atoms with Crippen molar-refractivity contribution in [3.8, 4) is 11.5 Å². The number of methoxy groups -OCH3 is 1. The molecule has 2 aromatic rings. The van der Waals surface area contributed by atoms with Crippen molar-refractivity contribution >= 4 is 22.6 Å². The molecule has 27 heavy (non-hydrogen) atoms. The number of likely N-dealkylation sites (tertiary alicyclic amines) is 1. The number of nitrogens with one attached hydrogen (secondary N) is 1. The fraction of sp³-hybridized carbons (Fsp3) is 0.500. The maximum atomic E-state index is 10.7. The van der Waals surface area contributed by atoms with Crippen molar-refractivity contribution in [3.05, 3.63) is 24.4 Å². The van der Waals surface area contributed by atoms with Gasteiger partial charge in [0, 0.05) is 36.4 Å². The molecular formula is C20H27N3O4. The number of benzene rings is 1. The Morgan fingerprint density at radius 1 is 1.30 bits per heavy atom. The van der Waals surface area contributed by atoms with Crippen LogP contribution in [0.15, 0.2) is 24.4 Å². The van der Waals surface area contributed by atoms with E-state index in [-0.39, 0.29) is 6.42 Å². The molecule has 0 radical (unpaired) electrons. The summed E-state index contributed by atoms with van der Waals surface area (Å²) in [6.45, 7) is 4.44. The van der Waals surface area contributed by atoms with Gasteiger partial charge >= 0.3 is 5.97 Å². The molecule has 146 valence electrons. The van der Waals surface area contributed by atoms with Crippen LogP contribution in [0, 0.1) is 0 Å². The molecule has 2 N–H and O–H groups in total. The Balaban J connectivity index is 1.67. The zero-order valence-electron chi connectivity index (χ0n) is 15.7. The van der Waals surface area contributed by atoms with Crippen molar-refractivity contribution in [2.75, 3.05) is 45.2 Å². The van der Waals surface area contributed by atoms with E-state index in [4.69, 9.17) is 14.6 Å². The highest BCUT2D eigenvalue weighted by molar-refractivity contribution is 5.93. The summed E-state index contributed by atoms with van der Waals surface area (Å²) < 4.78 is 11.5. The highest BCUT2D eigenvalue weighted by Crippen LogP contribution is 2.34. The number of aromatic nitrogens is 1. The monoisotopic (exact) mass is 373 g/mol. The molecule has 0 amide bonds. The van der Waals surface area contributed by atoms with Crippen LogP contribution >= 0.6 is 0 Å². The normalized spacial score (nSPS) is 14.4. The van der Waals surface area contributed by atoms with Crippen molar-refractivity contribution in [2.45, 2.75) is 25.7 Å². The van der Waals surface area contributed by atoms with Crippen molar-refractivity contribution < 1.29 is 19.4 Å². The van der Waals surface area contributed by atoms with Gasteiger partial charge in [0.1, 0.15) is 0 Å². The first-order valence-corrected chi connectivity index (χ1v) is 9.45. The number of hydrogen-bond donors (Lipinski definition) is 2. The van der Waals surface area contributed by atoms with Crippen LogP contribution in [0.2, 0.25) is 0 Å². The molecule has 1 aliphatic heterocycles. The van der Waals surface area contributed by atoms with E-state index in [9.17, 15) is 4.79 Å². The highest BCUT2D eigenvalue weighted by atomic mass is 16.5. The van der Waals surface area contributed by atoms with Gasteiger partial charge in [0.2, 0.25) is 0 Å². The lowest BCUT2D eigenvalue weighted by molar-refractivity contribution is -0.136. The molecule has 0 spiro atoms. The van der Waals surface area contributed by atoms with Crippen molar-refractivity contribution in [3.63, 3.8) is 0 Å². The molecule has 1 aromatic heterocycles. The molecule has 0 aliphatic carbocycles. The first kappa shape index (κ1) is 19.2. The third-order valence-corrected chi connectivity index (χ3v) is 4.76. The summed E-state index contributed by atoms with van der Waals surface area (Å²) in [4.78, 5) is 17.6. The molecule has 7 nitrogen and oxygen atoms in total. The number of hydrogen-bond acceptors (Lipinski definition) is 6. The summed E-state index contributed by atoms with van der Waals surface area (Å²) in [7, 11) is 1.62. The van der Waals surface area contributed by atoms with Gasteiger partial charge in [0.05, 0.1) is 25.7 Å². The van der Waals surface area contributed by atoms with E-state index in [2.05, 4.69) is 15.2 Å². The molecule has 1 aromatic carbocycles. The van der Waals surface area contributed by atoms with Gasteiger partial charge in [-0.2, -0.15) is 0 Å². The standard InChI is InChI=1S/C20H27N3O4/c1-26-18-13-15-16(21-8-6-20(24)25)5-7-22-17(15)14-19(18)27-12-4-11-23-9-2-3-10-23/h5,7,13-14H,2-4,6,8-12H2,1H3,(H,21,22)(H,24,25). The van der Waals surface area contributed by atoms with E-state index < -0.39 is 5.97 Å². The zero-order chi connectivity index (χ0) is 19.1. The van der Waals surface area contributed by atoms with Gasteiger partial charge < -0.3 is 24.8 Å². The van der Waals surface area contributed by atoms with Crippen LogP contribution in [0.1, 0.15) is 25.7 Å². The summed E-state index contributed by atoms with van der Waals surface area (Å²) in [6, 6.07) is 5.60. The van der Waals surface area contributed by atoms with Crippen LogP contribution in [0.3, 0.4) is 0 Å². The smallest absolute Gasteiger partial charge is 0.305 e.